The Morgan fingerprint density at radius 3 is 2.60 bits per heavy atom. The normalized spacial score (nSPS) is 15.0. The number of benzene rings is 2. The predicted octanol–water partition coefficient (Wildman–Crippen LogP) is 5.39. The molecule has 2 N–H and O–H groups in total. The Kier molecular flexibility index (Phi) is 9.71. The van der Waals surface area contributed by atoms with Gasteiger partial charge in [0, 0.05) is 38.7 Å². The van der Waals surface area contributed by atoms with Crippen LogP contribution in [0.3, 0.4) is 0 Å². The summed E-state index contributed by atoms with van der Waals surface area (Å²) in [4.78, 5) is 30.5. The lowest BCUT2D eigenvalue weighted by atomic mass is 10.0. The molecule has 2 aromatic carbocycles. The van der Waals surface area contributed by atoms with Crippen LogP contribution in [0.2, 0.25) is 0 Å². The molecule has 0 aliphatic carbocycles. The minimum Gasteiger partial charge on any atom is -0.494 e. The molecule has 0 radical (unpaired) electrons. The van der Waals surface area contributed by atoms with Gasteiger partial charge in [0.2, 0.25) is 5.91 Å². The van der Waals surface area contributed by atoms with E-state index in [4.69, 9.17) is 9.57 Å². The lowest BCUT2D eigenvalue weighted by Gasteiger charge is -2.26. The summed E-state index contributed by atoms with van der Waals surface area (Å²) in [5, 5.41) is 7.38. The van der Waals surface area contributed by atoms with Crippen molar-refractivity contribution in [1.29, 1.82) is 0 Å². The van der Waals surface area contributed by atoms with Gasteiger partial charge in [0.25, 0.3) is 0 Å². The summed E-state index contributed by atoms with van der Waals surface area (Å²) in [6.45, 7) is 5.19. The van der Waals surface area contributed by atoms with Crippen LogP contribution in [0.4, 0.5) is 46.3 Å². The average Bonchev–Trinajstić information content (AvgIpc) is 3.46. The number of alkyl halides is 3. The Morgan fingerprint density at radius 1 is 1.16 bits per heavy atom. The second-order valence-electron chi connectivity index (χ2n) is 10.1. The van der Waals surface area contributed by atoms with E-state index in [0.717, 1.165) is 18.7 Å². The van der Waals surface area contributed by atoms with Gasteiger partial charge in [-0.2, -0.15) is 13.2 Å². The number of carbonyl (C=O) groups is 1. The second kappa shape index (κ2) is 13.3. The van der Waals surface area contributed by atoms with Crippen LogP contribution in [-0.2, 0) is 15.8 Å². The molecule has 1 saturated heterocycles. The zero-order valence-corrected chi connectivity index (χ0v) is 24.2. The van der Waals surface area contributed by atoms with Crippen LogP contribution in [0, 0.1) is 5.82 Å². The van der Waals surface area contributed by atoms with E-state index in [-0.39, 0.29) is 18.0 Å². The molecule has 1 amide bonds. The minimum atomic E-state index is -4.84. The number of nitrogens with zero attached hydrogens (tertiary/aromatic N) is 5. The van der Waals surface area contributed by atoms with Gasteiger partial charge in [-0.05, 0) is 43.9 Å². The third-order valence-corrected chi connectivity index (χ3v) is 6.78. The Balaban J connectivity index is 1.64. The molecule has 4 rings (SSSR count). The zero-order valence-electron chi connectivity index (χ0n) is 24.2. The predicted molar refractivity (Wildman–Crippen MR) is 156 cm³/mol. The first-order chi connectivity index (χ1) is 20.4. The van der Waals surface area contributed by atoms with Crippen LogP contribution < -0.4 is 25.3 Å². The summed E-state index contributed by atoms with van der Waals surface area (Å²) >= 11 is 0. The van der Waals surface area contributed by atoms with E-state index in [2.05, 4.69) is 27.2 Å². The van der Waals surface area contributed by atoms with Crippen molar-refractivity contribution in [3.05, 3.63) is 72.3 Å². The lowest BCUT2D eigenvalue weighted by Crippen LogP contribution is -2.29. The first-order valence-corrected chi connectivity index (χ1v) is 13.3. The number of halogens is 4. The largest absolute Gasteiger partial charge is 0.494 e. The van der Waals surface area contributed by atoms with Crippen LogP contribution in [0.15, 0.2) is 55.4 Å². The molecule has 0 saturated carbocycles. The number of ether oxygens (including phenoxy) is 1. The molecule has 10 nitrogen and oxygen atoms in total. The first kappa shape index (κ1) is 31.5. The number of hydrogen-bond acceptors (Lipinski definition) is 9. The monoisotopic (exact) mass is 603 g/mol. The molecule has 1 aliphatic rings. The molecule has 0 bridgehead atoms. The van der Waals surface area contributed by atoms with Gasteiger partial charge in [-0.15, -0.1) is 0 Å². The number of hydroxylamine groups is 1. The number of anilines is 5. The molecule has 1 aromatic heterocycles. The average molecular weight is 604 g/mol. The van der Waals surface area contributed by atoms with Crippen molar-refractivity contribution in [2.24, 2.45) is 0 Å². The molecule has 14 heteroatoms. The molecule has 43 heavy (non-hydrogen) atoms. The van der Waals surface area contributed by atoms with Crippen molar-refractivity contribution in [3.8, 4) is 5.75 Å². The Bertz CT molecular complexity index is 1470. The number of amides is 1. The van der Waals surface area contributed by atoms with Crippen LogP contribution >= 0.6 is 0 Å². The van der Waals surface area contributed by atoms with Gasteiger partial charge in [-0.25, -0.2) is 19.4 Å². The fraction of sp³-hybridized carbons (Fsp3) is 0.345. The summed E-state index contributed by atoms with van der Waals surface area (Å²) in [6, 6.07) is 7.31. The van der Waals surface area contributed by atoms with Crippen LogP contribution in [0.25, 0.3) is 0 Å². The molecular formula is C29H33F4N7O3. The van der Waals surface area contributed by atoms with E-state index in [1.54, 1.807) is 18.2 Å². The van der Waals surface area contributed by atoms with Crippen molar-refractivity contribution in [1.82, 2.24) is 14.9 Å². The van der Waals surface area contributed by atoms with E-state index in [1.165, 1.54) is 30.6 Å². The molecule has 1 fully saturated rings. The fourth-order valence-electron chi connectivity index (χ4n) is 4.54. The number of likely N-dealkylation sites (N-methyl/N-ethyl adjacent to an activating group) is 2. The summed E-state index contributed by atoms with van der Waals surface area (Å²) in [5.74, 6) is -0.679. The van der Waals surface area contributed by atoms with Crippen molar-refractivity contribution in [2.75, 3.05) is 68.5 Å². The summed E-state index contributed by atoms with van der Waals surface area (Å²) in [6.07, 6.45) is -2.03. The number of hydrogen-bond donors (Lipinski definition) is 2. The number of methoxy groups -OCH3 is 1. The number of aromatic nitrogens is 2. The van der Waals surface area contributed by atoms with Gasteiger partial charge in [0.1, 0.15) is 23.7 Å². The van der Waals surface area contributed by atoms with Crippen LogP contribution in [-0.4, -0.2) is 68.7 Å². The second-order valence-corrected chi connectivity index (χ2v) is 10.1. The van der Waals surface area contributed by atoms with E-state index in [0.29, 0.717) is 41.6 Å². The maximum Gasteiger partial charge on any atom is 0.419 e. The molecule has 2 heterocycles. The van der Waals surface area contributed by atoms with Crippen molar-refractivity contribution in [3.63, 3.8) is 0 Å². The van der Waals surface area contributed by atoms with Gasteiger partial charge in [-0.3, -0.25) is 9.63 Å². The number of nitrogens with one attached hydrogen (secondary N) is 2. The first-order valence-electron chi connectivity index (χ1n) is 13.3. The number of rotatable bonds is 11. The highest BCUT2D eigenvalue weighted by molar-refractivity contribution is 6.02. The third-order valence-electron chi connectivity index (χ3n) is 6.78. The standard InChI is InChI=1S/C29H33F4N7O3/c1-6-28(41)37-21-14-22(25(42-5)15-24(21)39(4)11-10-38(2)3)36-26-16-27(35-17-34-26)40-23(9-12-43-40)18-7-8-20(30)19(13-18)29(31,32)33/h6-8,13-17,23H,1,9-12H2,2-5H3,(H,37,41)(H,34,35,36). The molecule has 1 unspecified atom stereocenters. The maximum absolute atomic E-state index is 13.9. The summed E-state index contributed by atoms with van der Waals surface area (Å²) in [5.41, 5.74) is 0.586. The lowest BCUT2D eigenvalue weighted by molar-refractivity contribution is -0.140. The van der Waals surface area contributed by atoms with Crippen LogP contribution in [0.5, 0.6) is 5.75 Å². The smallest absolute Gasteiger partial charge is 0.419 e. The molecule has 1 atom stereocenters. The Hall–Kier alpha value is -4.43. The topological polar surface area (TPSA) is 95.1 Å². The SMILES string of the molecule is C=CC(=O)Nc1cc(Nc2cc(N3OCCC3c3ccc(F)c(C(F)(F)F)c3)ncn2)c(OC)cc1N(C)CCN(C)C. The third kappa shape index (κ3) is 7.51. The quantitative estimate of drug-likeness (QED) is 0.221. The minimum absolute atomic E-state index is 0.221. The Morgan fingerprint density at radius 2 is 1.93 bits per heavy atom. The molecule has 0 spiro atoms. The summed E-state index contributed by atoms with van der Waals surface area (Å²) < 4.78 is 59.6. The zero-order chi connectivity index (χ0) is 31.3. The van der Waals surface area contributed by atoms with Gasteiger partial charge >= 0.3 is 6.18 Å². The Labute approximate surface area is 246 Å². The van der Waals surface area contributed by atoms with E-state index >= 15 is 0 Å². The maximum atomic E-state index is 13.9. The van der Waals surface area contributed by atoms with Crippen molar-refractivity contribution < 1.29 is 31.9 Å². The highest BCUT2D eigenvalue weighted by Crippen LogP contribution is 2.40. The van der Waals surface area contributed by atoms with Gasteiger partial charge < -0.3 is 25.2 Å². The molecular weight excluding hydrogens is 570 g/mol. The van der Waals surface area contributed by atoms with Crippen molar-refractivity contribution >= 4 is 34.6 Å². The number of carbonyl (C=O) groups excluding carboxylic acids is 1. The van der Waals surface area contributed by atoms with Gasteiger partial charge in [-0.1, -0.05) is 12.6 Å². The highest BCUT2D eigenvalue weighted by Gasteiger charge is 2.36. The van der Waals surface area contributed by atoms with E-state index in [1.807, 2.05) is 30.9 Å². The van der Waals surface area contributed by atoms with Gasteiger partial charge in [0.05, 0.1) is 42.4 Å². The van der Waals surface area contributed by atoms with Gasteiger partial charge in [0.15, 0.2) is 5.82 Å². The molecule has 3 aromatic rings. The molecule has 230 valence electrons. The van der Waals surface area contributed by atoms with E-state index < -0.39 is 29.5 Å². The van der Waals surface area contributed by atoms with E-state index in [9.17, 15) is 22.4 Å². The van der Waals surface area contributed by atoms with Crippen LogP contribution in [0.1, 0.15) is 23.6 Å². The fourth-order valence-corrected chi connectivity index (χ4v) is 4.54. The molecule has 1 aliphatic heterocycles. The van der Waals surface area contributed by atoms with Crippen molar-refractivity contribution in [2.45, 2.75) is 18.6 Å². The highest BCUT2D eigenvalue weighted by atomic mass is 19.4. The summed E-state index contributed by atoms with van der Waals surface area (Å²) in [7, 11) is 7.34.